The maximum absolute atomic E-state index is 13.7. The largest absolute Gasteiger partial charge is 0.467 e. The fraction of sp³-hybridized carbons (Fsp3) is 0.394. The topological polar surface area (TPSA) is 58.6 Å². The van der Waals surface area contributed by atoms with Crippen molar-refractivity contribution >= 4 is 23.6 Å². The Morgan fingerprint density at radius 2 is 1.76 bits per heavy atom. The number of esters is 1. The van der Waals surface area contributed by atoms with E-state index < -0.39 is 23.6 Å². The molecule has 0 spiro atoms. The van der Waals surface area contributed by atoms with E-state index in [9.17, 15) is 18.4 Å². The first-order valence-electron chi connectivity index (χ1n) is 14.0. The number of aryl methyl sites for hydroxylation is 1. The number of carbonyl (C=O) groups is 2. The van der Waals surface area contributed by atoms with Crippen molar-refractivity contribution in [2.75, 3.05) is 25.7 Å². The number of halogens is 2. The normalized spacial score (nSPS) is 13.7. The zero-order chi connectivity index (χ0) is 29.4. The molecule has 218 valence electrons. The van der Waals surface area contributed by atoms with Crippen molar-refractivity contribution < 1.29 is 23.1 Å². The van der Waals surface area contributed by atoms with E-state index in [1.165, 1.54) is 19.2 Å². The van der Waals surface area contributed by atoms with Crippen LogP contribution >= 0.6 is 11.8 Å². The Balaban J connectivity index is 1.54. The van der Waals surface area contributed by atoms with Gasteiger partial charge in [0, 0.05) is 25.2 Å². The minimum atomic E-state index is -0.681. The summed E-state index contributed by atoms with van der Waals surface area (Å²) >= 11 is 1.61. The van der Waals surface area contributed by atoms with Crippen molar-refractivity contribution in [2.45, 2.75) is 57.7 Å². The maximum Gasteiger partial charge on any atom is 0.328 e. The van der Waals surface area contributed by atoms with Crippen molar-refractivity contribution in [3.63, 3.8) is 0 Å². The second kappa shape index (κ2) is 14.6. The van der Waals surface area contributed by atoms with Crippen LogP contribution in [0.15, 0.2) is 60.7 Å². The molecule has 5 nitrogen and oxygen atoms in total. The zero-order valence-corrected chi connectivity index (χ0v) is 24.7. The predicted octanol–water partition coefficient (Wildman–Crippen LogP) is 6.10. The number of methoxy groups -OCH3 is 1. The number of thioether (sulfide) groups is 1. The van der Waals surface area contributed by atoms with E-state index in [0.29, 0.717) is 37.5 Å². The van der Waals surface area contributed by atoms with Crippen LogP contribution in [0.2, 0.25) is 0 Å². The Morgan fingerprint density at radius 3 is 2.41 bits per heavy atom. The molecular formula is C33H38F2N2O3S. The minimum Gasteiger partial charge on any atom is -0.467 e. The summed E-state index contributed by atoms with van der Waals surface area (Å²) in [7, 11) is 1.33. The van der Waals surface area contributed by atoms with E-state index in [0.717, 1.165) is 52.5 Å². The van der Waals surface area contributed by atoms with Crippen LogP contribution in [0.5, 0.6) is 0 Å². The molecule has 0 radical (unpaired) electrons. The highest BCUT2D eigenvalue weighted by Crippen LogP contribution is 2.32. The highest BCUT2D eigenvalue weighted by Gasteiger charge is 2.29. The first-order valence-corrected chi connectivity index (χ1v) is 15.4. The number of amides is 1. The van der Waals surface area contributed by atoms with E-state index in [1.807, 2.05) is 30.5 Å². The molecule has 0 saturated heterocycles. The Hall–Kier alpha value is -3.23. The molecule has 1 N–H and O–H groups in total. The van der Waals surface area contributed by atoms with Crippen molar-refractivity contribution in [3.8, 4) is 11.1 Å². The number of nitrogens with one attached hydrogen (secondary N) is 1. The lowest BCUT2D eigenvalue weighted by Gasteiger charge is -2.23. The number of benzene rings is 3. The van der Waals surface area contributed by atoms with Gasteiger partial charge in [0.2, 0.25) is 5.91 Å². The van der Waals surface area contributed by atoms with Crippen LogP contribution in [0.3, 0.4) is 0 Å². The Bertz CT molecular complexity index is 1340. The summed E-state index contributed by atoms with van der Waals surface area (Å²) < 4.78 is 32.3. The average molecular weight is 581 g/mol. The maximum atomic E-state index is 13.7. The highest BCUT2D eigenvalue weighted by molar-refractivity contribution is 7.98. The molecule has 41 heavy (non-hydrogen) atoms. The van der Waals surface area contributed by atoms with Gasteiger partial charge in [0.15, 0.2) is 0 Å². The molecule has 1 aliphatic carbocycles. The summed E-state index contributed by atoms with van der Waals surface area (Å²) in [5.41, 5.74) is 5.78. The average Bonchev–Trinajstić information content (AvgIpc) is 3.79. The Labute approximate surface area is 245 Å². The molecule has 3 aromatic carbocycles. The van der Waals surface area contributed by atoms with Crippen LogP contribution < -0.4 is 5.32 Å². The van der Waals surface area contributed by atoms with Gasteiger partial charge in [0.25, 0.3) is 0 Å². The summed E-state index contributed by atoms with van der Waals surface area (Å²) in [6, 6.07) is 17.8. The number of nitrogens with zero attached hydrogens (tertiary/aromatic N) is 1. The molecule has 1 saturated carbocycles. The molecule has 0 aromatic heterocycles. The lowest BCUT2D eigenvalue weighted by atomic mass is 9.92. The quantitative estimate of drug-likeness (QED) is 0.234. The van der Waals surface area contributed by atoms with Crippen molar-refractivity contribution in [3.05, 3.63) is 94.6 Å². The lowest BCUT2D eigenvalue weighted by molar-refractivity contribution is -0.145. The summed E-state index contributed by atoms with van der Waals surface area (Å²) in [5, 5.41) is 2.87. The summed E-state index contributed by atoms with van der Waals surface area (Å²) in [6.07, 6.45) is 5.37. The standard InChI is InChI=1S/C33H38F2N2O3S/c1-22-6-4-5-7-29(22)30-18-24(8-9-25(30)19-32(38)36-31(13-15-41-3)33(39)40-2)21-37(28-10-11-28)14-12-23-16-26(34)20-27(35)17-23/h4-9,16-18,20,28,31H,10-15,19,21H2,1-3H3,(H,36,38). The van der Waals surface area contributed by atoms with E-state index in [4.69, 9.17) is 4.74 Å². The molecule has 0 heterocycles. The first-order chi connectivity index (χ1) is 19.8. The molecule has 3 aromatic rings. The van der Waals surface area contributed by atoms with E-state index in [2.05, 4.69) is 35.3 Å². The number of ether oxygens (including phenoxy) is 1. The summed E-state index contributed by atoms with van der Waals surface area (Å²) in [6.45, 7) is 3.45. The predicted molar refractivity (Wildman–Crippen MR) is 161 cm³/mol. The molecule has 8 heteroatoms. The van der Waals surface area contributed by atoms with Gasteiger partial charge in [-0.15, -0.1) is 0 Å². The third-order valence-corrected chi connectivity index (χ3v) is 8.10. The lowest BCUT2D eigenvalue weighted by Crippen LogP contribution is -2.42. The monoisotopic (exact) mass is 580 g/mol. The Kier molecular flexibility index (Phi) is 10.9. The molecule has 1 amide bonds. The van der Waals surface area contributed by atoms with Gasteiger partial charge in [-0.2, -0.15) is 11.8 Å². The molecule has 1 fully saturated rings. The van der Waals surface area contributed by atoms with Crippen LogP contribution in [-0.4, -0.2) is 54.5 Å². The molecule has 1 atom stereocenters. The third kappa shape index (κ3) is 8.88. The van der Waals surface area contributed by atoms with Gasteiger partial charge >= 0.3 is 5.97 Å². The molecule has 0 aliphatic heterocycles. The molecule has 4 rings (SSSR count). The minimum absolute atomic E-state index is 0.133. The van der Waals surface area contributed by atoms with Crippen molar-refractivity contribution in [1.82, 2.24) is 10.2 Å². The van der Waals surface area contributed by atoms with E-state index in [1.54, 1.807) is 11.8 Å². The van der Waals surface area contributed by atoms with Crippen LogP contribution in [-0.2, 0) is 33.7 Å². The van der Waals surface area contributed by atoms with Crippen LogP contribution in [0.25, 0.3) is 11.1 Å². The van der Waals surface area contributed by atoms with Gasteiger partial charge in [-0.1, -0.05) is 36.4 Å². The zero-order valence-electron chi connectivity index (χ0n) is 23.9. The van der Waals surface area contributed by atoms with E-state index >= 15 is 0 Å². The van der Waals surface area contributed by atoms with Gasteiger partial charge in [0.05, 0.1) is 13.5 Å². The van der Waals surface area contributed by atoms with Gasteiger partial charge < -0.3 is 10.1 Å². The van der Waals surface area contributed by atoms with Crippen molar-refractivity contribution in [1.29, 1.82) is 0 Å². The van der Waals surface area contributed by atoms with Gasteiger partial charge in [-0.25, -0.2) is 13.6 Å². The van der Waals surface area contributed by atoms with Crippen molar-refractivity contribution in [2.24, 2.45) is 0 Å². The molecule has 1 unspecified atom stereocenters. The molecule has 1 aliphatic rings. The second-order valence-corrected chi connectivity index (χ2v) is 11.6. The van der Waals surface area contributed by atoms with Gasteiger partial charge in [0.1, 0.15) is 17.7 Å². The Morgan fingerprint density at radius 1 is 1.02 bits per heavy atom. The fourth-order valence-electron chi connectivity index (χ4n) is 5.14. The second-order valence-electron chi connectivity index (χ2n) is 10.6. The smallest absolute Gasteiger partial charge is 0.328 e. The third-order valence-electron chi connectivity index (χ3n) is 7.45. The number of hydrogen-bond acceptors (Lipinski definition) is 5. The summed E-state index contributed by atoms with van der Waals surface area (Å²) in [5.74, 6) is -1.05. The van der Waals surface area contributed by atoms with Crippen LogP contribution in [0, 0.1) is 18.6 Å². The molecule has 0 bridgehead atoms. The van der Waals surface area contributed by atoms with E-state index in [-0.39, 0.29) is 12.3 Å². The van der Waals surface area contributed by atoms with Crippen LogP contribution in [0.1, 0.15) is 41.5 Å². The fourth-order valence-corrected chi connectivity index (χ4v) is 5.61. The number of carbonyl (C=O) groups excluding carboxylic acids is 2. The van der Waals surface area contributed by atoms with Crippen LogP contribution in [0.4, 0.5) is 8.78 Å². The SMILES string of the molecule is COC(=O)C(CCSC)NC(=O)Cc1ccc(CN(CCc2cc(F)cc(F)c2)C2CC2)cc1-c1ccccc1C. The van der Waals surface area contributed by atoms with Gasteiger partial charge in [-0.05, 0) is 96.2 Å². The highest BCUT2D eigenvalue weighted by atomic mass is 32.2. The summed E-state index contributed by atoms with van der Waals surface area (Å²) in [4.78, 5) is 27.7. The number of rotatable bonds is 14. The number of hydrogen-bond donors (Lipinski definition) is 1. The molecular weight excluding hydrogens is 542 g/mol. The first kappa shape index (κ1) is 30.7. The van der Waals surface area contributed by atoms with Gasteiger partial charge in [-0.3, -0.25) is 9.69 Å².